The zero-order chi connectivity index (χ0) is 11.3. The van der Waals surface area contributed by atoms with Crippen LogP contribution in [0, 0.1) is 0 Å². The van der Waals surface area contributed by atoms with Crippen molar-refractivity contribution in [2.75, 3.05) is 27.9 Å². The van der Waals surface area contributed by atoms with Crippen molar-refractivity contribution < 1.29 is 14.2 Å². The molecular formula is C11H17NO3. The molecule has 1 rings (SSSR count). The molecular weight excluding hydrogens is 194 g/mol. The fourth-order valence-electron chi connectivity index (χ4n) is 1.51. The van der Waals surface area contributed by atoms with E-state index in [1.54, 1.807) is 21.3 Å². The van der Waals surface area contributed by atoms with E-state index in [0.717, 1.165) is 17.1 Å². The summed E-state index contributed by atoms with van der Waals surface area (Å²) in [5.41, 5.74) is 6.81. The summed E-state index contributed by atoms with van der Waals surface area (Å²) >= 11 is 0. The van der Waals surface area contributed by atoms with Crippen molar-refractivity contribution in [3.63, 3.8) is 0 Å². The largest absolute Gasteiger partial charge is 0.496 e. The molecule has 84 valence electrons. The lowest BCUT2D eigenvalue weighted by molar-refractivity contribution is 0.178. The van der Waals surface area contributed by atoms with Crippen molar-refractivity contribution in [2.24, 2.45) is 5.73 Å². The SMILES string of the molecule is COCC(N)c1c(OC)cccc1OC. The van der Waals surface area contributed by atoms with Gasteiger partial charge in [0.05, 0.1) is 32.4 Å². The van der Waals surface area contributed by atoms with Crippen LogP contribution >= 0.6 is 0 Å². The van der Waals surface area contributed by atoms with Gasteiger partial charge in [0.15, 0.2) is 0 Å². The quantitative estimate of drug-likeness (QED) is 0.798. The Morgan fingerprint density at radius 1 is 1.13 bits per heavy atom. The van der Waals surface area contributed by atoms with Gasteiger partial charge in [-0.05, 0) is 12.1 Å². The Kier molecular flexibility index (Phi) is 4.39. The Hall–Kier alpha value is -1.26. The number of methoxy groups -OCH3 is 3. The first-order valence-electron chi connectivity index (χ1n) is 4.70. The van der Waals surface area contributed by atoms with Gasteiger partial charge in [-0.1, -0.05) is 6.07 Å². The minimum Gasteiger partial charge on any atom is -0.496 e. The molecule has 1 aromatic carbocycles. The normalized spacial score (nSPS) is 12.3. The van der Waals surface area contributed by atoms with Crippen LogP contribution in [0.4, 0.5) is 0 Å². The minimum absolute atomic E-state index is 0.249. The van der Waals surface area contributed by atoms with E-state index < -0.39 is 0 Å². The molecule has 0 saturated heterocycles. The van der Waals surface area contributed by atoms with Crippen LogP contribution in [-0.4, -0.2) is 27.9 Å². The van der Waals surface area contributed by atoms with E-state index in [-0.39, 0.29) is 6.04 Å². The van der Waals surface area contributed by atoms with Crippen LogP contribution in [0.5, 0.6) is 11.5 Å². The van der Waals surface area contributed by atoms with Crippen LogP contribution in [0.1, 0.15) is 11.6 Å². The van der Waals surface area contributed by atoms with Crippen molar-refractivity contribution in [2.45, 2.75) is 6.04 Å². The topological polar surface area (TPSA) is 53.7 Å². The number of hydrogen-bond acceptors (Lipinski definition) is 4. The molecule has 0 aromatic heterocycles. The third-order valence-electron chi connectivity index (χ3n) is 2.18. The van der Waals surface area contributed by atoms with Gasteiger partial charge < -0.3 is 19.9 Å². The maximum absolute atomic E-state index is 5.97. The van der Waals surface area contributed by atoms with Gasteiger partial charge in [0.25, 0.3) is 0 Å². The molecule has 4 nitrogen and oxygen atoms in total. The van der Waals surface area contributed by atoms with Crippen LogP contribution in [0.15, 0.2) is 18.2 Å². The fourth-order valence-corrected chi connectivity index (χ4v) is 1.51. The second kappa shape index (κ2) is 5.58. The molecule has 0 bridgehead atoms. The summed E-state index contributed by atoms with van der Waals surface area (Å²) < 4.78 is 15.5. The monoisotopic (exact) mass is 211 g/mol. The highest BCUT2D eigenvalue weighted by molar-refractivity contribution is 5.46. The highest BCUT2D eigenvalue weighted by Crippen LogP contribution is 2.32. The Morgan fingerprint density at radius 2 is 1.67 bits per heavy atom. The lowest BCUT2D eigenvalue weighted by Crippen LogP contribution is -2.18. The van der Waals surface area contributed by atoms with Gasteiger partial charge in [0.2, 0.25) is 0 Å². The Bertz CT molecular complexity index is 292. The number of rotatable bonds is 5. The Labute approximate surface area is 89.9 Å². The summed E-state index contributed by atoms with van der Waals surface area (Å²) in [6, 6.07) is 5.32. The van der Waals surface area contributed by atoms with Crippen molar-refractivity contribution in [1.29, 1.82) is 0 Å². The first kappa shape index (κ1) is 11.8. The molecule has 0 heterocycles. The lowest BCUT2D eigenvalue weighted by atomic mass is 10.1. The average Bonchev–Trinajstić information content (AvgIpc) is 2.28. The van der Waals surface area contributed by atoms with Crippen LogP contribution in [0.3, 0.4) is 0 Å². The second-order valence-electron chi connectivity index (χ2n) is 3.14. The number of nitrogens with two attached hydrogens (primary N) is 1. The van der Waals surface area contributed by atoms with Crippen LogP contribution < -0.4 is 15.2 Å². The van der Waals surface area contributed by atoms with Crippen LogP contribution in [0.25, 0.3) is 0 Å². The number of hydrogen-bond donors (Lipinski definition) is 1. The van der Waals surface area contributed by atoms with E-state index in [4.69, 9.17) is 19.9 Å². The Balaban J connectivity index is 3.09. The molecule has 2 N–H and O–H groups in total. The summed E-state index contributed by atoms with van der Waals surface area (Å²) in [5, 5.41) is 0. The third kappa shape index (κ3) is 2.61. The van der Waals surface area contributed by atoms with E-state index in [1.807, 2.05) is 18.2 Å². The molecule has 0 aliphatic rings. The molecule has 4 heteroatoms. The van der Waals surface area contributed by atoms with Gasteiger partial charge in [-0.15, -0.1) is 0 Å². The van der Waals surface area contributed by atoms with E-state index in [0.29, 0.717) is 6.61 Å². The molecule has 15 heavy (non-hydrogen) atoms. The van der Waals surface area contributed by atoms with Gasteiger partial charge in [-0.3, -0.25) is 0 Å². The Morgan fingerprint density at radius 3 is 2.07 bits per heavy atom. The predicted molar refractivity (Wildman–Crippen MR) is 58.4 cm³/mol. The summed E-state index contributed by atoms with van der Waals surface area (Å²) in [6.07, 6.45) is 0. The first-order chi connectivity index (χ1) is 7.24. The van der Waals surface area contributed by atoms with Crippen LogP contribution in [0.2, 0.25) is 0 Å². The average molecular weight is 211 g/mol. The third-order valence-corrected chi connectivity index (χ3v) is 2.18. The number of ether oxygens (including phenoxy) is 3. The molecule has 0 aliphatic carbocycles. The minimum atomic E-state index is -0.249. The summed E-state index contributed by atoms with van der Waals surface area (Å²) in [7, 11) is 4.83. The highest BCUT2D eigenvalue weighted by Gasteiger charge is 2.16. The lowest BCUT2D eigenvalue weighted by Gasteiger charge is -2.17. The molecule has 0 aliphatic heterocycles. The number of benzene rings is 1. The first-order valence-corrected chi connectivity index (χ1v) is 4.70. The summed E-state index contributed by atoms with van der Waals surface area (Å²) in [6.45, 7) is 0.427. The molecule has 0 saturated carbocycles. The zero-order valence-electron chi connectivity index (χ0n) is 9.32. The predicted octanol–water partition coefficient (Wildman–Crippen LogP) is 1.35. The van der Waals surface area contributed by atoms with E-state index in [2.05, 4.69) is 0 Å². The van der Waals surface area contributed by atoms with Crippen molar-refractivity contribution >= 4 is 0 Å². The van der Waals surface area contributed by atoms with Gasteiger partial charge in [0.1, 0.15) is 11.5 Å². The molecule has 0 spiro atoms. The van der Waals surface area contributed by atoms with Gasteiger partial charge >= 0.3 is 0 Å². The van der Waals surface area contributed by atoms with Gasteiger partial charge in [-0.2, -0.15) is 0 Å². The second-order valence-corrected chi connectivity index (χ2v) is 3.14. The molecule has 1 atom stereocenters. The summed E-state index contributed by atoms with van der Waals surface area (Å²) in [4.78, 5) is 0. The molecule has 0 radical (unpaired) electrons. The maximum atomic E-state index is 5.97. The van der Waals surface area contributed by atoms with Crippen molar-refractivity contribution in [3.05, 3.63) is 23.8 Å². The maximum Gasteiger partial charge on any atom is 0.127 e. The van der Waals surface area contributed by atoms with Gasteiger partial charge in [-0.25, -0.2) is 0 Å². The zero-order valence-corrected chi connectivity index (χ0v) is 9.32. The molecule has 1 unspecified atom stereocenters. The van der Waals surface area contributed by atoms with Crippen molar-refractivity contribution in [1.82, 2.24) is 0 Å². The van der Waals surface area contributed by atoms with Gasteiger partial charge in [0, 0.05) is 7.11 Å². The molecule has 1 aromatic rings. The molecule has 0 amide bonds. The van der Waals surface area contributed by atoms with Crippen molar-refractivity contribution in [3.8, 4) is 11.5 Å². The van der Waals surface area contributed by atoms with Crippen LogP contribution in [-0.2, 0) is 4.74 Å². The van der Waals surface area contributed by atoms with E-state index >= 15 is 0 Å². The summed E-state index contributed by atoms with van der Waals surface area (Å²) in [5.74, 6) is 1.44. The highest BCUT2D eigenvalue weighted by atomic mass is 16.5. The van der Waals surface area contributed by atoms with E-state index in [1.165, 1.54) is 0 Å². The van der Waals surface area contributed by atoms with E-state index in [9.17, 15) is 0 Å². The molecule has 0 fully saturated rings. The smallest absolute Gasteiger partial charge is 0.127 e. The fraction of sp³-hybridized carbons (Fsp3) is 0.455. The standard InChI is InChI=1S/C11H17NO3/c1-13-7-8(12)11-9(14-2)5-4-6-10(11)15-3/h4-6,8H,7,12H2,1-3H3.